The molecular formula is C11H10ClN3OS2. The first kappa shape index (κ1) is 12.2. The summed E-state index contributed by atoms with van der Waals surface area (Å²) in [5, 5.41) is 9.88. The zero-order chi connectivity index (χ0) is 12.7. The molecule has 2 heterocycles. The van der Waals surface area contributed by atoms with Gasteiger partial charge in [-0.05, 0) is 18.2 Å². The van der Waals surface area contributed by atoms with Crippen molar-refractivity contribution in [2.24, 2.45) is 4.99 Å². The molecule has 0 saturated carbocycles. The monoisotopic (exact) mass is 299 g/mol. The molecule has 1 aromatic rings. The molecular weight excluding hydrogens is 290 g/mol. The molecule has 0 spiro atoms. The summed E-state index contributed by atoms with van der Waals surface area (Å²) in [6.45, 7) is 0. The third-order valence-electron chi connectivity index (χ3n) is 3.00. The van der Waals surface area contributed by atoms with Gasteiger partial charge in [-0.15, -0.1) is 11.8 Å². The molecule has 2 N–H and O–H groups in total. The molecule has 7 heteroatoms. The lowest BCUT2D eigenvalue weighted by Crippen LogP contribution is -2.45. The lowest BCUT2D eigenvalue weighted by atomic mass is 10.1. The third-order valence-corrected chi connectivity index (χ3v) is 4.70. The zero-order valence-corrected chi connectivity index (χ0v) is 11.6. The Morgan fingerprint density at radius 3 is 3.17 bits per heavy atom. The van der Waals surface area contributed by atoms with Crippen molar-refractivity contribution in [3.63, 3.8) is 0 Å². The summed E-state index contributed by atoms with van der Waals surface area (Å²) in [6, 6.07) is 5.41. The number of nitrogens with one attached hydrogen (secondary N) is 1. The summed E-state index contributed by atoms with van der Waals surface area (Å²) in [7, 11) is 0. The number of nitrogens with zero attached hydrogens (tertiary/aromatic N) is 2. The van der Waals surface area contributed by atoms with E-state index in [1.54, 1.807) is 17.8 Å². The molecule has 1 fully saturated rings. The standard InChI is InChI=1S/C11H10ClN3OS2/c12-6-1-2-8-7(3-6)11(17)15-5-18-4-9(15)10(13-8)14-16/h1-3,9,16H,4-5H2,(H,13,14). The second-order valence-corrected chi connectivity index (χ2v) is 5.88. The summed E-state index contributed by atoms with van der Waals surface area (Å²) in [4.78, 5) is 7.24. The summed E-state index contributed by atoms with van der Waals surface area (Å²) in [6.07, 6.45) is 0. The molecule has 0 radical (unpaired) electrons. The van der Waals surface area contributed by atoms with Crippen molar-refractivity contribution < 1.29 is 5.21 Å². The quantitative estimate of drug-likeness (QED) is 0.569. The van der Waals surface area contributed by atoms with Gasteiger partial charge >= 0.3 is 0 Å². The van der Waals surface area contributed by atoms with Crippen molar-refractivity contribution in [1.82, 2.24) is 10.4 Å². The number of benzene rings is 1. The second kappa shape index (κ2) is 4.70. The number of thiocarbonyl (C=S) groups is 1. The van der Waals surface area contributed by atoms with E-state index < -0.39 is 0 Å². The Hall–Kier alpha value is -0.820. The summed E-state index contributed by atoms with van der Waals surface area (Å²) in [5.74, 6) is 2.19. The third kappa shape index (κ3) is 1.89. The highest BCUT2D eigenvalue weighted by molar-refractivity contribution is 7.99. The van der Waals surface area contributed by atoms with Crippen LogP contribution in [0.1, 0.15) is 5.56 Å². The number of thioether (sulfide) groups is 1. The fourth-order valence-corrected chi connectivity index (χ4v) is 3.89. The molecule has 2 aliphatic heterocycles. The first-order valence-corrected chi connectivity index (χ1v) is 7.32. The number of aliphatic imine (C=N–C) groups is 1. The normalized spacial score (nSPS) is 22.1. The van der Waals surface area contributed by atoms with Gasteiger partial charge in [0.05, 0.1) is 17.6 Å². The SMILES string of the molecule is ONC1=Nc2ccc(Cl)cc2C(=S)N2CSCC12. The van der Waals surface area contributed by atoms with E-state index in [0.29, 0.717) is 10.9 Å². The van der Waals surface area contributed by atoms with Crippen LogP contribution in [0, 0.1) is 0 Å². The highest BCUT2D eigenvalue weighted by Crippen LogP contribution is 2.33. The number of rotatable bonds is 0. The number of amidine groups is 1. The van der Waals surface area contributed by atoms with Gasteiger partial charge < -0.3 is 4.90 Å². The van der Waals surface area contributed by atoms with Crippen LogP contribution >= 0.6 is 35.6 Å². The number of hydrogen-bond donors (Lipinski definition) is 2. The van der Waals surface area contributed by atoms with Gasteiger partial charge in [-0.3, -0.25) is 10.7 Å². The molecule has 94 valence electrons. The Morgan fingerprint density at radius 2 is 2.39 bits per heavy atom. The fraction of sp³-hybridized carbons (Fsp3) is 0.273. The van der Waals surface area contributed by atoms with Crippen LogP contribution in [0.4, 0.5) is 5.69 Å². The Morgan fingerprint density at radius 1 is 1.56 bits per heavy atom. The Balaban J connectivity index is 2.16. The molecule has 2 aliphatic rings. The molecule has 18 heavy (non-hydrogen) atoms. The highest BCUT2D eigenvalue weighted by Gasteiger charge is 2.34. The van der Waals surface area contributed by atoms with E-state index in [9.17, 15) is 5.21 Å². The van der Waals surface area contributed by atoms with Crippen LogP contribution in [-0.2, 0) is 0 Å². The number of hydrogen-bond acceptors (Lipinski definition) is 5. The van der Waals surface area contributed by atoms with Gasteiger partial charge in [0, 0.05) is 16.3 Å². The summed E-state index contributed by atoms with van der Waals surface area (Å²) in [5.41, 5.74) is 3.77. The topological polar surface area (TPSA) is 47.9 Å². The van der Waals surface area contributed by atoms with E-state index in [0.717, 1.165) is 27.9 Å². The highest BCUT2D eigenvalue weighted by atomic mass is 35.5. The lowest BCUT2D eigenvalue weighted by molar-refractivity contribution is 0.226. The van der Waals surface area contributed by atoms with Crippen LogP contribution < -0.4 is 5.48 Å². The molecule has 1 unspecified atom stereocenters. The van der Waals surface area contributed by atoms with Crippen molar-refractivity contribution in [2.75, 3.05) is 11.6 Å². The Bertz CT molecular complexity index is 549. The van der Waals surface area contributed by atoms with Crippen molar-refractivity contribution in [3.8, 4) is 0 Å². The maximum atomic E-state index is 9.24. The van der Waals surface area contributed by atoms with Crippen LogP contribution in [0.3, 0.4) is 0 Å². The van der Waals surface area contributed by atoms with E-state index in [1.165, 1.54) is 0 Å². The largest absolute Gasteiger partial charge is 0.342 e. The van der Waals surface area contributed by atoms with E-state index in [-0.39, 0.29) is 6.04 Å². The molecule has 1 saturated heterocycles. The number of hydroxylamine groups is 1. The Kier molecular flexibility index (Phi) is 3.19. The fourth-order valence-electron chi connectivity index (χ4n) is 2.10. The minimum atomic E-state index is -0.00123. The van der Waals surface area contributed by atoms with Gasteiger partial charge in [-0.1, -0.05) is 23.8 Å². The summed E-state index contributed by atoms with van der Waals surface area (Å²) >= 11 is 13.3. The molecule has 0 amide bonds. The van der Waals surface area contributed by atoms with Crippen molar-refractivity contribution in [2.45, 2.75) is 6.04 Å². The first-order chi connectivity index (χ1) is 8.70. The van der Waals surface area contributed by atoms with E-state index in [4.69, 9.17) is 23.8 Å². The molecule has 3 rings (SSSR count). The smallest absolute Gasteiger partial charge is 0.149 e. The minimum absolute atomic E-state index is 0.00123. The van der Waals surface area contributed by atoms with Crippen LogP contribution in [0.5, 0.6) is 0 Å². The van der Waals surface area contributed by atoms with E-state index in [2.05, 4.69) is 15.4 Å². The number of fused-ring (bicyclic) bond motifs is 2. The van der Waals surface area contributed by atoms with Gasteiger partial charge in [-0.2, -0.15) is 0 Å². The minimum Gasteiger partial charge on any atom is -0.342 e. The Labute approximate surface area is 119 Å². The first-order valence-electron chi connectivity index (χ1n) is 5.37. The van der Waals surface area contributed by atoms with Gasteiger partial charge in [0.2, 0.25) is 0 Å². The van der Waals surface area contributed by atoms with Crippen molar-refractivity contribution in [3.05, 3.63) is 28.8 Å². The molecule has 1 atom stereocenters. The van der Waals surface area contributed by atoms with E-state index in [1.807, 2.05) is 12.1 Å². The lowest BCUT2D eigenvalue weighted by Gasteiger charge is -2.24. The number of halogens is 1. The molecule has 0 bridgehead atoms. The summed E-state index contributed by atoms with van der Waals surface area (Å²) < 4.78 is 0. The predicted molar refractivity (Wildman–Crippen MR) is 78.1 cm³/mol. The van der Waals surface area contributed by atoms with Crippen molar-refractivity contribution >= 4 is 52.1 Å². The molecule has 1 aromatic carbocycles. The maximum absolute atomic E-state index is 9.24. The second-order valence-electron chi connectivity index (χ2n) is 4.06. The molecule has 0 aliphatic carbocycles. The van der Waals surface area contributed by atoms with Gasteiger partial charge in [0.1, 0.15) is 10.8 Å². The van der Waals surface area contributed by atoms with Gasteiger partial charge in [0.15, 0.2) is 0 Å². The van der Waals surface area contributed by atoms with Crippen LogP contribution in [0.2, 0.25) is 5.02 Å². The van der Waals surface area contributed by atoms with Crippen LogP contribution in [0.15, 0.2) is 23.2 Å². The van der Waals surface area contributed by atoms with Crippen LogP contribution in [-0.4, -0.2) is 38.6 Å². The van der Waals surface area contributed by atoms with Crippen molar-refractivity contribution in [1.29, 1.82) is 0 Å². The predicted octanol–water partition coefficient (Wildman–Crippen LogP) is 2.41. The molecule has 0 aromatic heterocycles. The van der Waals surface area contributed by atoms with Gasteiger partial charge in [0.25, 0.3) is 0 Å². The van der Waals surface area contributed by atoms with E-state index >= 15 is 0 Å². The maximum Gasteiger partial charge on any atom is 0.149 e. The molecule has 4 nitrogen and oxygen atoms in total. The van der Waals surface area contributed by atoms with Gasteiger partial charge in [-0.25, -0.2) is 4.99 Å². The van der Waals surface area contributed by atoms with Crippen LogP contribution in [0.25, 0.3) is 0 Å². The average Bonchev–Trinajstić information content (AvgIpc) is 2.81. The zero-order valence-electron chi connectivity index (χ0n) is 9.26. The average molecular weight is 300 g/mol.